The molecule has 2 rings (SSSR count). The fourth-order valence-electron chi connectivity index (χ4n) is 1.49. The third-order valence-electron chi connectivity index (χ3n) is 2.35. The van der Waals surface area contributed by atoms with E-state index in [0.717, 1.165) is 0 Å². The van der Waals surface area contributed by atoms with E-state index in [1.807, 2.05) is 0 Å². The maximum absolute atomic E-state index is 10.9. The van der Waals surface area contributed by atoms with Gasteiger partial charge in [0.2, 0.25) is 0 Å². The predicted octanol–water partition coefficient (Wildman–Crippen LogP) is 1.22. The van der Waals surface area contributed by atoms with Crippen molar-refractivity contribution in [1.82, 2.24) is 19.7 Å². The van der Waals surface area contributed by atoms with Gasteiger partial charge in [-0.3, -0.25) is 4.68 Å². The van der Waals surface area contributed by atoms with Crippen molar-refractivity contribution in [3.63, 3.8) is 0 Å². The van der Waals surface area contributed by atoms with Gasteiger partial charge in [-0.15, -0.1) is 0 Å². The molecule has 0 bridgehead atoms. The summed E-state index contributed by atoms with van der Waals surface area (Å²) in [6.07, 6.45) is 2.24. The summed E-state index contributed by atoms with van der Waals surface area (Å²) in [5, 5.41) is 16.1. The number of carboxylic acid groups (broad SMARTS) is 1. The Morgan fingerprint density at radius 2 is 2.32 bits per heavy atom. The average Bonchev–Trinajstić information content (AvgIpc) is 2.77. The van der Waals surface area contributed by atoms with Gasteiger partial charge < -0.3 is 10.4 Å². The lowest BCUT2D eigenvalue weighted by Gasteiger charge is -2.05. The van der Waals surface area contributed by atoms with Gasteiger partial charge in [-0.2, -0.15) is 5.10 Å². The minimum absolute atomic E-state index is 0.115. The van der Waals surface area contributed by atoms with Crippen LogP contribution in [0.25, 0.3) is 0 Å². The molecule has 2 N–H and O–H groups in total. The van der Waals surface area contributed by atoms with E-state index in [9.17, 15) is 4.79 Å². The van der Waals surface area contributed by atoms with Crippen LogP contribution in [0.2, 0.25) is 5.02 Å². The highest BCUT2D eigenvalue weighted by Gasteiger charge is 2.11. The van der Waals surface area contributed by atoms with E-state index >= 15 is 0 Å². The van der Waals surface area contributed by atoms with Crippen molar-refractivity contribution in [2.24, 2.45) is 7.05 Å². The van der Waals surface area contributed by atoms with Crippen LogP contribution in [-0.4, -0.2) is 37.4 Å². The van der Waals surface area contributed by atoms with Gasteiger partial charge in [0, 0.05) is 20.0 Å². The van der Waals surface area contributed by atoms with Gasteiger partial charge in [-0.25, -0.2) is 14.8 Å². The van der Waals surface area contributed by atoms with Crippen LogP contribution in [0.3, 0.4) is 0 Å². The zero-order valence-electron chi connectivity index (χ0n) is 10.2. The largest absolute Gasteiger partial charge is 0.476 e. The molecule has 2 aromatic rings. The molecule has 7 nitrogen and oxygen atoms in total. The molecule has 0 aromatic carbocycles. The number of carboxylic acids is 1. The molecule has 8 heteroatoms. The number of aromatic carboxylic acids is 1. The monoisotopic (exact) mass is 281 g/mol. The summed E-state index contributed by atoms with van der Waals surface area (Å²) >= 11 is 5.73. The molecule has 0 aliphatic heterocycles. The maximum atomic E-state index is 10.9. The van der Waals surface area contributed by atoms with Crippen LogP contribution >= 0.6 is 11.6 Å². The molecule has 0 saturated heterocycles. The minimum atomic E-state index is -1.15. The Bertz CT molecular complexity index is 599. The van der Waals surface area contributed by atoms with Crippen molar-refractivity contribution in [1.29, 1.82) is 0 Å². The van der Waals surface area contributed by atoms with E-state index in [1.165, 1.54) is 6.07 Å². The molecular weight excluding hydrogens is 270 g/mol. The number of aromatic nitrogens is 4. The molecule has 0 atom stereocenters. The second-order valence-electron chi connectivity index (χ2n) is 3.84. The van der Waals surface area contributed by atoms with Crippen LogP contribution in [0.4, 0.5) is 5.82 Å². The number of hydrogen-bond donors (Lipinski definition) is 2. The first-order chi connectivity index (χ1) is 9.06. The second kappa shape index (κ2) is 5.66. The minimum Gasteiger partial charge on any atom is -0.476 e. The Hall–Kier alpha value is -2.15. The molecule has 0 unspecified atom stereocenters. The van der Waals surface area contributed by atoms with Crippen molar-refractivity contribution < 1.29 is 9.90 Å². The number of halogens is 1. The van der Waals surface area contributed by atoms with Crippen LogP contribution in [-0.2, 0) is 13.5 Å². The van der Waals surface area contributed by atoms with E-state index in [4.69, 9.17) is 16.7 Å². The first-order valence-corrected chi connectivity index (χ1v) is 5.92. The molecule has 19 heavy (non-hydrogen) atoms. The van der Waals surface area contributed by atoms with Crippen molar-refractivity contribution in [3.8, 4) is 0 Å². The van der Waals surface area contributed by atoms with Crippen LogP contribution in [0.15, 0.2) is 18.5 Å². The summed E-state index contributed by atoms with van der Waals surface area (Å²) < 4.78 is 1.62. The highest BCUT2D eigenvalue weighted by molar-refractivity contribution is 6.33. The Balaban J connectivity index is 1.96. The van der Waals surface area contributed by atoms with Gasteiger partial charge in [0.1, 0.15) is 12.1 Å². The number of nitrogens with zero attached hydrogens (tertiary/aromatic N) is 4. The maximum Gasteiger partial charge on any atom is 0.356 e. The highest BCUT2D eigenvalue weighted by atomic mass is 35.5. The van der Waals surface area contributed by atoms with E-state index in [1.54, 1.807) is 24.1 Å². The molecule has 0 fully saturated rings. The van der Waals surface area contributed by atoms with E-state index in [-0.39, 0.29) is 10.7 Å². The lowest BCUT2D eigenvalue weighted by atomic mass is 10.3. The third kappa shape index (κ3) is 3.41. The molecule has 0 saturated carbocycles. The van der Waals surface area contributed by atoms with E-state index < -0.39 is 5.97 Å². The summed E-state index contributed by atoms with van der Waals surface area (Å²) in [5.41, 5.74) is -0.164. The fourth-order valence-corrected chi connectivity index (χ4v) is 1.68. The predicted molar refractivity (Wildman–Crippen MR) is 69.4 cm³/mol. The van der Waals surface area contributed by atoms with Crippen LogP contribution in [0.1, 0.15) is 16.3 Å². The lowest BCUT2D eigenvalue weighted by Crippen LogP contribution is -2.10. The lowest BCUT2D eigenvalue weighted by molar-refractivity contribution is 0.0691. The second-order valence-corrected chi connectivity index (χ2v) is 4.25. The Kier molecular flexibility index (Phi) is 3.96. The van der Waals surface area contributed by atoms with Crippen molar-refractivity contribution in [2.75, 3.05) is 11.9 Å². The number of nitrogens with one attached hydrogen (secondary N) is 1. The number of pyridine rings is 1. The van der Waals surface area contributed by atoms with E-state index in [0.29, 0.717) is 24.6 Å². The zero-order chi connectivity index (χ0) is 13.8. The van der Waals surface area contributed by atoms with Gasteiger partial charge in [0.15, 0.2) is 11.5 Å². The molecule has 2 heterocycles. The van der Waals surface area contributed by atoms with Gasteiger partial charge in [-0.1, -0.05) is 11.6 Å². The van der Waals surface area contributed by atoms with Gasteiger partial charge in [-0.05, 0) is 12.1 Å². The molecule has 0 aliphatic carbocycles. The number of hydrogen-bond acceptors (Lipinski definition) is 5. The Morgan fingerprint density at radius 1 is 1.53 bits per heavy atom. The Morgan fingerprint density at radius 3 is 2.95 bits per heavy atom. The molecule has 100 valence electrons. The first kappa shape index (κ1) is 13.3. The van der Waals surface area contributed by atoms with Gasteiger partial charge in [0.05, 0.1) is 5.02 Å². The van der Waals surface area contributed by atoms with Crippen molar-refractivity contribution >= 4 is 23.4 Å². The third-order valence-corrected chi connectivity index (χ3v) is 2.66. The fraction of sp³-hybridized carbons (Fsp3) is 0.273. The highest BCUT2D eigenvalue weighted by Crippen LogP contribution is 2.16. The molecule has 0 radical (unpaired) electrons. The first-order valence-electron chi connectivity index (χ1n) is 5.54. The Labute approximate surface area is 114 Å². The molecule has 0 spiro atoms. The molecule has 2 aromatic heterocycles. The SMILES string of the molecule is Cn1cnc(CCNc2ccc(Cl)c(C(=O)O)n2)n1. The summed E-state index contributed by atoms with van der Waals surface area (Å²) in [6, 6.07) is 3.12. The number of anilines is 1. The van der Waals surface area contributed by atoms with E-state index in [2.05, 4.69) is 20.4 Å². The standard InChI is InChI=1S/C11H12ClN5O2/c1-17-6-14-9(16-17)4-5-13-8-3-2-7(12)10(15-8)11(18)19/h2-3,6H,4-5H2,1H3,(H,13,15)(H,18,19). The summed E-state index contributed by atoms with van der Waals surface area (Å²) in [5.74, 6) is 0.0141. The molecule has 0 amide bonds. The van der Waals surface area contributed by atoms with Crippen molar-refractivity contribution in [3.05, 3.63) is 35.0 Å². The van der Waals surface area contributed by atoms with Gasteiger partial charge in [0.25, 0.3) is 0 Å². The molecular formula is C11H12ClN5O2. The summed E-state index contributed by atoms with van der Waals surface area (Å²) in [6.45, 7) is 0.553. The van der Waals surface area contributed by atoms with Crippen LogP contribution < -0.4 is 5.32 Å². The van der Waals surface area contributed by atoms with Crippen LogP contribution in [0.5, 0.6) is 0 Å². The van der Waals surface area contributed by atoms with Crippen LogP contribution in [0, 0.1) is 0 Å². The quantitative estimate of drug-likeness (QED) is 0.856. The number of carbonyl (C=O) groups is 1. The zero-order valence-corrected chi connectivity index (χ0v) is 10.9. The molecule has 0 aliphatic rings. The van der Waals surface area contributed by atoms with Gasteiger partial charge >= 0.3 is 5.97 Å². The smallest absolute Gasteiger partial charge is 0.356 e. The normalized spacial score (nSPS) is 10.4. The summed E-state index contributed by atoms with van der Waals surface area (Å²) in [4.78, 5) is 18.9. The average molecular weight is 282 g/mol. The number of aryl methyl sites for hydroxylation is 1. The topological polar surface area (TPSA) is 92.9 Å². The number of rotatable bonds is 5. The summed E-state index contributed by atoms with van der Waals surface area (Å²) in [7, 11) is 1.80. The van der Waals surface area contributed by atoms with Crippen molar-refractivity contribution in [2.45, 2.75) is 6.42 Å².